The molecule has 0 atom stereocenters. The van der Waals surface area contributed by atoms with Gasteiger partial charge in [-0.3, -0.25) is 0 Å². The Morgan fingerprint density at radius 3 is 3.00 bits per heavy atom. The molecule has 130 valence electrons. The van der Waals surface area contributed by atoms with Crippen LogP contribution in [0.15, 0.2) is 34.2 Å². The number of nitrogens with zero attached hydrogens (tertiary/aromatic N) is 6. The lowest BCUT2D eigenvalue weighted by Crippen LogP contribution is -2.27. The number of fused-ring (bicyclic) bond motifs is 1. The highest BCUT2D eigenvalue weighted by atomic mass is 35.5. The Labute approximate surface area is 157 Å². The summed E-state index contributed by atoms with van der Waals surface area (Å²) in [6, 6.07) is 1.88. The van der Waals surface area contributed by atoms with Crippen LogP contribution in [0.3, 0.4) is 0 Å². The first-order chi connectivity index (χ1) is 12.2. The van der Waals surface area contributed by atoms with Crippen LogP contribution in [0.4, 0.5) is 0 Å². The molecule has 0 saturated carbocycles. The van der Waals surface area contributed by atoms with Crippen molar-refractivity contribution in [2.24, 2.45) is 5.18 Å². The molecule has 1 aliphatic rings. The van der Waals surface area contributed by atoms with Gasteiger partial charge in [0, 0.05) is 30.4 Å². The van der Waals surface area contributed by atoms with Gasteiger partial charge in [-0.1, -0.05) is 16.8 Å². The van der Waals surface area contributed by atoms with Crippen LogP contribution in [0.2, 0.25) is 5.02 Å². The fraction of sp³-hybridized carbons (Fsp3) is 0.400. The van der Waals surface area contributed by atoms with E-state index in [1.807, 2.05) is 18.5 Å². The highest BCUT2D eigenvalue weighted by molar-refractivity contribution is 7.98. The summed E-state index contributed by atoms with van der Waals surface area (Å²) >= 11 is 9.68. The lowest BCUT2D eigenvalue weighted by molar-refractivity contribution is 0.346. The van der Waals surface area contributed by atoms with E-state index in [1.165, 1.54) is 17.7 Å². The predicted molar refractivity (Wildman–Crippen MR) is 99.0 cm³/mol. The molecule has 10 heteroatoms. The van der Waals surface area contributed by atoms with E-state index in [4.69, 9.17) is 11.6 Å². The summed E-state index contributed by atoms with van der Waals surface area (Å²) < 4.78 is 5.21. The summed E-state index contributed by atoms with van der Waals surface area (Å²) in [7, 11) is 0. The smallest absolute Gasteiger partial charge is 0.156 e. The van der Waals surface area contributed by atoms with Gasteiger partial charge in [-0.25, -0.2) is 18.8 Å². The minimum absolute atomic E-state index is 0.149. The maximum atomic E-state index is 10.3. The van der Waals surface area contributed by atoms with Gasteiger partial charge in [-0.2, -0.15) is 10.0 Å². The van der Waals surface area contributed by atoms with Gasteiger partial charge >= 0.3 is 0 Å². The number of hydrogen-bond acceptors (Lipinski definition) is 8. The average Bonchev–Trinajstić information content (AvgIpc) is 3.24. The van der Waals surface area contributed by atoms with Crippen molar-refractivity contribution in [3.8, 4) is 0 Å². The summed E-state index contributed by atoms with van der Waals surface area (Å²) in [5.74, 6) is 0.425. The fourth-order valence-electron chi connectivity index (χ4n) is 3.00. The maximum absolute atomic E-state index is 10.3. The molecule has 4 heterocycles. The number of thiazole rings is 1. The first-order valence-corrected chi connectivity index (χ1v) is 9.85. The quantitative estimate of drug-likeness (QED) is 0.481. The van der Waals surface area contributed by atoms with Crippen LogP contribution in [-0.4, -0.2) is 37.0 Å². The van der Waals surface area contributed by atoms with Crippen molar-refractivity contribution in [2.75, 3.05) is 13.1 Å². The first kappa shape index (κ1) is 16.9. The Bertz CT molecular complexity index is 889. The molecule has 3 aromatic heterocycles. The molecule has 1 aliphatic heterocycles. The number of halogens is 1. The van der Waals surface area contributed by atoms with Gasteiger partial charge in [0.15, 0.2) is 5.65 Å². The molecular weight excluding hydrogens is 380 g/mol. The Morgan fingerprint density at radius 1 is 1.36 bits per heavy atom. The normalized spacial score (nSPS) is 16.5. The molecule has 0 radical (unpaired) electrons. The average molecular weight is 395 g/mol. The van der Waals surface area contributed by atoms with E-state index < -0.39 is 0 Å². The van der Waals surface area contributed by atoms with Crippen molar-refractivity contribution >= 4 is 40.5 Å². The highest BCUT2D eigenvalue weighted by Crippen LogP contribution is 2.37. The second-order valence-corrected chi connectivity index (χ2v) is 8.71. The van der Waals surface area contributed by atoms with Crippen molar-refractivity contribution in [3.63, 3.8) is 0 Å². The molecule has 0 aliphatic carbocycles. The van der Waals surface area contributed by atoms with Crippen LogP contribution < -0.4 is 0 Å². The predicted octanol–water partition coefficient (Wildman–Crippen LogP) is 3.99. The molecular formula is C15H15ClN6OS2. The van der Waals surface area contributed by atoms with Gasteiger partial charge in [0.2, 0.25) is 0 Å². The molecule has 0 unspecified atom stereocenters. The van der Waals surface area contributed by atoms with Crippen molar-refractivity contribution in [2.45, 2.75) is 29.5 Å². The highest BCUT2D eigenvalue weighted by Gasteiger charge is 2.24. The Morgan fingerprint density at radius 2 is 2.20 bits per heavy atom. The van der Waals surface area contributed by atoms with Gasteiger partial charge in [0.1, 0.15) is 17.9 Å². The van der Waals surface area contributed by atoms with E-state index in [9.17, 15) is 4.91 Å². The van der Waals surface area contributed by atoms with Crippen LogP contribution in [0, 0.1) is 4.91 Å². The Kier molecular flexibility index (Phi) is 4.98. The molecule has 0 spiro atoms. The first-order valence-electron chi connectivity index (χ1n) is 7.88. The van der Waals surface area contributed by atoms with Gasteiger partial charge in [-0.05, 0) is 36.3 Å². The summed E-state index contributed by atoms with van der Waals surface area (Å²) in [6.07, 6.45) is 7.43. The van der Waals surface area contributed by atoms with E-state index in [-0.39, 0.29) is 6.54 Å². The molecule has 3 aromatic rings. The number of piperidine rings is 1. The zero-order valence-electron chi connectivity index (χ0n) is 13.2. The van der Waals surface area contributed by atoms with Gasteiger partial charge in [-0.15, -0.1) is 11.3 Å². The zero-order chi connectivity index (χ0) is 17.2. The molecule has 0 aromatic carbocycles. The van der Waals surface area contributed by atoms with Gasteiger partial charge < -0.3 is 0 Å². The lowest BCUT2D eigenvalue weighted by atomic mass is 9.91. The van der Waals surface area contributed by atoms with E-state index in [0.29, 0.717) is 5.92 Å². The van der Waals surface area contributed by atoms with Crippen LogP contribution in [-0.2, 0) is 6.54 Å². The topological polar surface area (TPSA) is 75.8 Å². The van der Waals surface area contributed by atoms with Crippen LogP contribution in [0.1, 0.15) is 29.3 Å². The molecule has 0 bridgehead atoms. The molecule has 0 N–H and O–H groups in total. The minimum Gasteiger partial charge on any atom is -0.246 e. The van der Waals surface area contributed by atoms with Crippen LogP contribution >= 0.6 is 34.9 Å². The largest absolute Gasteiger partial charge is 0.246 e. The minimum atomic E-state index is 0.149. The number of pyridine rings is 1. The third-order valence-corrected chi connectivity index (χ3v) is 6.73. The molecule has 25 heavy (non-hydrogen) atoms. The fourth-order valence-corrected chi connectivity index (χ4v) is 5.36. The monoisotopic (exact) mass is 394 g/mol. The van der Waals surface area contributed by atoms with E-state index in [0.717, 1.165) is 51.4 Å². The number of rotatable bonds is 5. The lowest BCUT2D eigenvalue weighted by Gasteiger charge is -2.31. The molecule has 7 nitrogen and oxygen atoms in total. The molecule has 0 amide bonds. The van der Waals surface area contributed by atoms with E-state index >= 15 is 0 Å². The Balaban J connectivity index is 1.40. The second-order valence-electron chi connectivity index (χ2n) is 5.79. The van der Waals surface area contributed by atoms with Crippen molar-refractivity contribution < 1.29 is 0 Å². The van der Waals surface area contributed by atoms with Crippen molar-refractivity contribution in [1.29, 1.82) is 0 Å². The summed E-state index contributed by atoms with van der Waals surface area (Å²) in [5, 5.41) is 8.62. The number of aromatic nitrogens is 4. The summed E-state index contributed by atoms with van der Waals surface area (Å²) in [4.78, 5) is 18.7. The summed E-state index contributed by atoms with van der Waals surface area (Å²) in [5.41, 5.74) is 1.91. The molecule has 1 fully saturated rings. The number of nitroso groups, excluding NO2 is 1. The molecule has 4 rings (SSSR count). The third kappa shape index (κ3) is 3.69. The van der Waals surface area contributed by atoms with E-state index in [2.05, 4.69) is 24.5 Å². The third-order valence-electron chi connectivity index (χ3n) is 4.24. The maximum Gasteiger partial charge on any atom is 0.156 e. The van der Waals surface area contributed by atoms with Crippen molar-refractivity contribution in [3.05, 3.63) is 45.3 Å². The van der Waals surface area contributed by atoms with Gasteiger partial charge in [0.25, 0.3) is 0 Å². The standard InChI is InChI=1S/C15H15ClN6OS2/c16-12-5-13-18-9-19-22(13)8-11(12)10-1-3-21(4-2-10)25-15-7-17-14(24-15)6-20-23/h5,7-10H,1-4,6H2. The SMILES string of the molecule is O=NCc1ncc(SN2CCC(c3cn4ncnc4cc3Cl)CC2)s1. The zero-order valence-corrected chi connectivity index (χ0v) is 15.6. The van der Waals surface area contributed by atoms with Crippen LogP contribution in [0.25, 0.3) is 5.65 Å². The number of hydrogen-bond donors (Lipinski definition) is 0. The molecule has 1 saturated heterocycles. The van der Waals surface area contributed by atoms with Crippen LogP contribution in [0.5, 0.6) is 0 Å². The second kappa shape index (κ2) is 7.36. The summed E-state index contributed by atoms with van der Waals surface area (Å²) in [6.45, 7) is 2.09. The van der Waals surface area contributed by atoms with Crippen molar-refractivity contribution in [1.82, 2.24) is 23.9 Å². The van der Waals surface area contributed by atoms with E-state index in [1.54, 1.807) is 16.5 Å². The van der Waals surface area contributed by atoms with Gasteiger partial charge in [0.05, 0.1) is 10.4 Å². The Hall–Kier alpha value is -1.55.